The first-order valence-electron chi connectivity index (χ1n) is 13.1. The Morgan fingerprint density at radius 1 is 0.886 bits per heavy atom. The first kappa shape index (κ1) is 25.0. The summed E-state index contributed by atoms with van der Waals surface area (Å²) in [5.74, 6) is 0.0695. The first-order chi connectivity index (χ1) is 17.1. The van der Waals surface area contributed by atoms with E-state index >= 15 is 0 Å². The molecule has 2 fully saturated rings. The molecule has 0 saturated carbocycles. The van der Waals surface area contributed by atoms with Crippen LogP contribution in [0.3, 0.4) is 0 Å². The predicted molar refractivity (Wildman–Crippen MR) is 143 cm³/mol. The molecule has 0 unspecified atom stereocenters. The summed E-state index contributed by atoms with van der Waals surface area (Å²) in [6.07, 6.45) is 5.32. The Morgan fingerprint density at radius 2 is 1.54 bits per heavy atom. The molecule has 0 bridgehead atoms. The predicted octanol–water partition coefficient (Wildman–Crippen LogP) is 5.37. The molecular formula is C29H38N4O2. The van der Waals surface area contributed by atoms with E-state index in [1.165, 1.54) is 17.6 Å². The van der Waals surface area contributed by atoms with Crippen LogP contribution in [0, 0.1) is 0 Å². The van der Waals surface area contributed by atoms with Crippen molar-refractivity contribution in [1.82, 2.24) is 15.1 Å². The Labute approximate surface area is 209 Å². The van der Waals surface area contributed by atoms with Gasteiger partial charge in [0, 0.05) is 37.4 Å². The minimum absolute atomic E-state index is 0.0165. The topological polar surface area (TPSA) is 64.7 Å². The number of piperidine rings is 2. The van der Waals surface area contributed by atoms with Crippen LogP contribution in [0.25, 0.3) is 5.57 Å². The van der Waals surface area contributed by atoms with Gasteiger partial charge in [-0.25, -0.2) is 4.79 Å². The molecule has 2 N–H and O–H groups in total. The molecular weight excluding hydrogens is 436 g/mol. The van der Waals surface area contributed by atoms with Crippen LogP contribution >= 0.6 is 0 Å². The number of hydrogen-bond acceptors (Lipinski definition) is 3. The number of benzene rings is 2. The number of carbonyl (C=O) groups excluding carboxylic acids is 2. The van der Waals surface area contributed by atoms with Gasteiger partial charge in [-0.15, -0.1) is 0 Å². The molecule has 0 aromatic heterocycles. The van der Waals surface area contributed by atoms with Crippen molar-refractivity contribution >= 4 is 23.2 Å². The number of anilines is 1. The third-order valence-electron chi connectivity index (χ3n) is 7.08. The molecule has 186 valence electrons. The fourth-order valence-corrected chi connectivity index (χ4v) is 5.08. The zero-order valence-electron chi connectivity index (χ0n) is 21.1. The monoisotopic (exact) mass is 474 g/mol. The quantitative estimate of drug-likeness (QED) is 0.591. The molecule has 2 heterocycles. The van der Waals surface area contributed by atoms with E-state index < -0.39 is 0 Å². The molecule has 2 aliphatic rings. The average Bonchev–Trinajstić information content (AvgIpc) is 2.91. The van der Waals surface area contributed by atoms with Crippen LogP contribution < -0.4 is 10.6 Å². The summed E-state index contributed by atoms with van der Waals surface area (Å²) < 4.78 is 0. The van der Waals surface area contributed by atoms with Crippen molar-refractivity contribution in [3.63, 3.8) is 0 Å². The largest absolute Gasteiger partial charge is 0.339 e. The number of likely N-dealkylation sites (tertiary alicyclic amines) is 1. The molecule has 0 aliphatic carbocycles. The van der Waals surface area contributed by atoms with Crippen molar-refractivity contribution in [2.45, 2.75) is 46.0 Å². The highest BCUT2D eigenvalue weighted by Crippen LogP contribution is 2.33. The summed E-state index contributed by atoms with van der Waals surface area (Å²) in [6.45, 7) is 8.99. The van der Waals surface area contributed by atoms with E-state index in [4.69, 9.17) is 0 Å². The van der Waals surface area contributed by atoms with Crippen LogP contribution in [0.2, 0.25) is 0 Å². The second-order valence-electron chi connectivity index (χ2n) is 9.34. The zero-order valence-corrected chi connectivity index (χ0v) is 21.1. The van der Waals surface area contributed by atoms with E-state index in [1.807, 2.05) is 47.9 Å². The van der Waals surface area contributed by atoms with Crippen LogP contribution in [0.5, 0.6) is 0 Å². The minimum atomic E-state index is -0.0165. The van der Waals surface area contributed by atoms with Gasteiger partial charge < -0.3 is 20.4 Å². The van der Waals surface area contributed by atoms with Crippen molar-refractivity contribution in [3.05, 3.63) is 70.8 Å². The lowest BCUT2D eigenvalue weighted by Gasteiger charge is -2.27. The zero-order chi connectivity index (χ0) is 24.6. The van der Waals surface area contributed by atoms with E-state index in [2.05, 4.69) is 34.9 Å². The summed E-state index contributed by atoms with van der Waals surface area (Å²) in [5.41, 5.74) is 6.36. The number of carbonyl (C=O) groups is 2. The van der Waals surface area contributed by atoms with E-state index in [0.717, 1.165) is 74.2 Å². The number of urea groups is 1. The molecule has 0 radical (unpaired) electrons. The normalized spacial score (nSPS) is 16.1. The van der Waals surface area contributed by atoms with Crippen molar-refractivity contribution in [1.29, 1.82) is 0 Å². The van der Waals surface area contributed by atoms with Crippen LogP contribution in [0.4, 0.5) is 10.5 Å². The number of hydrogen-bond donors (Lipinski definition) is 2. The maximum absolute atomic E-state index is 12.8. The highest BCUT2D eigenvalue weighted by molar-refractivity contribution is 5.95. The lowest BCUT2D eigenvalue weighted by Crippen LogP contribution is -2.38. The van der Waals surface area contributed by atoms with Crippen LogP contribution in [-0.4, -0.2) is 61.0 Å². The number of amides is 3. The fraction of sp³-hybridized carbons (Fsp3) is 0.448. The number of nitrogens with zero attached hydrogens (tertiary/aromatic N) is 2. The Hall–Kier alpha value is -3.12. The Balaban J connectivity index is 1.62. The Kier molecular flexibility index (Phi) is 8.59. The highest BCUT2D eigenvalue weighted by Gasteiger charge is 2.19. The van der Waals surface area contributed by atoms with Crippen molar-refractivity contribution in [2.75, 3.05) is 44.6 Å². The molecule has 3 amide bonds. The Morgan fingerprint density at radius 3 is 2.20 bits per heavy atom. The fourth-order valence-electron chi connectivity index (χ4n) is 5.08. The Bertz CT molecular complexity index is 1040. The van der Waals surface area contributed by atoms with Crippen molar-refractivity contribution in [3.8, 4) is 0 Å². The van der Waals surface area contributed by atoms with Gasteiger partial charge >= 0.3 is 6.03 Å². The number of rotatable bonds is 6. The van der Waals surface area contributed by atoms with Crippen molar-refractivity contribution in [2.24, 2.45) is 0 Å². The summed E-state index contributed by atoms with van der Waals surface area (Å²) in [7, 11) is 0. The maximum atomic E-state index is 12.8. The second-order valence-corrected chi connectivity index (χ2v) is 9.34. The van der Waals surface area contributed by atoms with Crippen LogP contribution in [0.15, 0.2) is 54.1 Å². The van der Waals surface area contributed by atoms with Gasteiger partial charge in [0.15, 0.2) is 0 Å². The third kappa shape index (κ3) is 6.12. The molecule has 4 rings (SSSR count). The molecule has 2 aromatic carbocycles. The van der Waals surface area contributed by atoms with Gasteiger partial charge in [0.2, 0.25) is 0 Å². The molecule has 0 spiro atoms. The molecule has 2 saturated heterocycles. The summed E-state index contributed by atoms with van der Waals surface area (Å²) in [6, 6.07) is 16.2. The van der Waals surface area contributed by atoms with Gasteiger partial charge in [0.05, 0.1) is 0 Å². The van der Waals surface area contributed by atoms with Gasteiger partial charge in [0.1, 0.15) is 0 Å². The second kappa shape index (κ2) is 12.0. The summed E-state index contributed by atoms with van der Waals surface area (Å²) in [4.78, 5) is 29.3. The summed E-state index contributed by atoms with van der Waals surface area (Å²) >= 11 is 0. The van der Waals surface area contributed by atoms with Crippen LogP contribution in [0.1, 0.15) is 67.4 Å². The lowest BCUT2D eigenvalue weighted by atomic mass is 9.88. The average molecular weight is 475 g/mol. The maximum Gasteiger partial charge on any atom is 0.321 e. The molecule has 2 aromatic rings. The summed E-state index contributed by atoms with van der Waals surface area (Å²) in [5, 5.41) is 6.56. The first-order valence-corrected chi connectivity index (χ1v) is 13.1. The van der Waals surface area contributed by atoms with Gasteiger partial charge in [-0.3, -0.25) is 4.79 Å². The molecule has 2 aliphatic heterocycles. The third-order valence-corrected chi connectivity index (χ3v) is 7.08. The number of nitrogens with one attached hydrogen (secondary N) is 2. The van der Waals surface area contributed by atoms with Gasteiger partial charge in [-0.05, 0) is 100 Å². The standard InChI is InChI=1S/C29H38N4O2/c1-3-32(4-2)28(34)24-13-11-22(12-14-24)27(23-15-17-30-18-16-23)25-9-8-10-26(21-25)31-29(35)33-19-6-5-7-20-33/h8-14,21,30H,3-7,15-20H2,1-2H3,(H,31,35). The van der Waals surface area contributed by atoms with Gasteiger partial charge in [-0.1, -0.05) is 29.8 Å². The van der Waals surface area contributed by atoms with E-state index in [9.17, 15) is 9.59 Å². The SMILES string of the molecule is CCN(CC)C(=O)c1ccc(C(=C2CCNCC2)c2cccc(NC(=O)N3CCCCC3)c2)cc1. The van der Waals surface area contributed by atoms with Gasteiger partial charge in [0.25, 0.3) is 5.91 Å². The van der Waals surface area contributed by atoms with Crippen LogP contribution in [-0.2, 0) is 0 Å². The molecule has 0 atom stereocenters. The molecule has 6 heteroatoms. The lowest BCUT2D eigenvalue weighted by molar-refractivity contribution is 0.0773. The molecule has 6 nitrogen and oxygen atoms in total. The van der Waals surface area contributed by atoms with Crippen molar-refractivity contribution < 1.29 is 9.59 Å². The highest BCUT2D eigenvalue weighted by atomic mass is 16.2. The minimum Gasteiger partial charge on any atom is -0.339 e. The molecule has 35 heavy (non-hydrogen) atoms. The van der Waals surface area contributed by atoms with Gasteiger partial charge in [-0.2, -0.15) is 0 Å². The van der Waals surface area contributed by atoms with E-state index in [1.54, 1.807) is 0 Å². The van der Waals surface area contributed by atoms with E-state index in [-0.39, 0.29) is 11.9 Å². The smallest absolute Gasteiger partial charge is 0.321 e. The van der Waals surface area contributed by atoms with E-state index in [0.29, 0.717) is 13.1 Å².